The third-order valence-electron chi connectivity index (χ3n) is 4.74. The lowest BCUT2D eigenvalue weighted by molar-refractivity contribution is 0.112. The van der Waals surface area contributed by atoms with Crippen molar-refractivity contribution in [2.45, 2.75) is 52.4 Å². The predicted molar refractivity (Wildman–Crippen MR) is 138 cm³/mol. The van der Waals surface area contributed by atoms with Crippen LogP contribution in [0, 0.1) is 12.7 Å². The summed E-state index contributed by atoms with van der Waals surface area (Å²) >= 11 is 1.17. The number of carbonyl (C=O) groups is 1. The number of para-hydroxylation sites is 1. The molecule has 182 valence electrons. The van der Waals surface area contributed by atoms with Gasteiger partial charge in [0, 0.05) is 30.4 Å². The van der Waals surface area contributed by atoms with Gasteiger partial charge in [0.15, 0.2) is 6.29 Å². The number of hydrogen-bond donors (Lipinski definition) is 1. The molecule has 1 saturated carbocycles. The molecule has 1 fully saturated rings. The number of benzene rings is 1. The van der Waals surface area contributed by atoms with Crippen LogP contribution in [0.3, 0.4) is 0 Å². The lowest BCUT2D eigenvalue weighted by atomic mass is 10.0. The number of allylic oxidation sites excluding steroid dienone is 5. The monoisotopic (exact) mass is 477 g/mol. The Bertz CT molecular complexity index is 845. The van der Waals surface area contributed by atoms with Crippen LogP contribution in [0.5, 0.6) is 0 Å². The van der Waals surface area contributed by atoms with E-state index in [1.54, 1.807) is 6.92 Å². The first-order valence-corrected chi connectivity index (χ1v) is 11.8. The van der Waals surface area contributed by atoms with Gasteiger partial charge in [-0.05, 0) is 44.2 Å². The van der Waals surface area contributed by atoms with Gasteiger partial charge in [0.05, 0.1) is 0 Å². The first-order chi connectivity index (χ1) is 15.9. The van der Waals surface area contributed by atoms with Gasteiger partial charge in [0.1, 0.15) is 16.5 Å². The SMILES string of the molecule is C1CCCCC1.C=C/C=C(F)\C=C(/C)N(C)c1ccccc1.CO.Cc1cc(F)c(C=O)s1. The zero-order valence-corrected chi connectivity index (χ0v) is 21.0. The van der Waals surface area contributed by atoms with Crippen molar-refractivity contribution in [3.8, 4) is 0 Å². The maximum atomic E-state index is 13.2. The predicted octanol–water partition coefficient (Wildman–Crippen LogP) is 8.02. The van der Waals surface area contributed by atoms with Crippen LogP contribution in [0.15, 0.2) is 72.7 Å². The van der Waals surface area contributed by atoms with Gasteiger partial charge < -0.3 is 10.0 Å². The van der Waals surface area contributed by atoms with Crippen LogP contribution >= 0.6 is 11.3 Å². The van der Waals surface area contributed by atoms with Crippen molar-refractivity contribution >= 4 is 23.3 Å². The lowest BCUT2D eigenvalue weighted by Crippen LogP contribution is -2.13. The molecule has 0 radical (unpaired) electrons. The van der Waals surface area contributed by atoms with E-state index in [1.807, 2.05) is 49.2 Å². The van der Waals surface area contributed by atoms with Gasteiger partial charge in [-0.3, -0.25) is 4.79 Å². The van der Waals surface area contributed by atoms with Crippen LogP contribution in [0.1, 0.15) is 60.0 Å². The Kier molecular flexibility index (Phi) is 17.5. The Morgan fingerprint density at radius 3 is 1.97 bits per heavy atom. The number of aliphatic hydroxyl groups is 1. The second kappa shape index (κ2) is 18.9. The first kappa shape index (κ1) is 30.4. The van der Waals surface area contributed by atoms with Crippen molar-refractivity contribution in [1.82, 2.24) is 0 Å². The number of nitrogens with zero attached hydrogens (tertiary/aromatic N) is 1. The van der Waals surface area contributed by atoms with Crippen molar-refractivity contribution in [2.24, 2.45) is 0 Å². The van der Waals surface area contributed by atoms with Gasteiger partial charge >= 0.3 is 0 Å². The van der Waals surface area contributed by atoms with Gasteiger partial charge in [-0.25, -0.2) is 8.78 Å². The minimum absolute atomic E-state index is 0.188. The Morgan fingerprint density at radius 2 is 1.61 bits per heavy atom. The van der Waals surface area contributed by atoms with Crippen molar-refractivity contribution < 1.29 is 18.7 Å². The van der Waals surface area contributed by atoms with E-state index < -0.39 is 5.82 Å². The smallest absolute Gasteiger partial charge is 0.162 e. The standard InChI is InChI=1S/C14H16FN.C6H5FOS.C6H12.CH4O/c1-4-8-13(15)11-12(2)16(3)14-9-6-5-7-10-14;1-4-2-5(7)6(3-8)9-4;1-2-4-6-5-3-1;1-2/h4-11H,1H2,2-3H3;2-3H,1H3;1-6H2;2H,1H3/b12-11+,13-8+;;;. The number of rotatable bonds is 5. The molecule has 1 heterocycles. The van der Waals surface area contributed by atoms with Crippen molar-refractivity contribution in [2.75, 3.05) is 19.1 Å². The molecule has 0 bridgehead atoms. The van der Waals surface area contributed by atoms with Crippen LogP contribution in [0.25, 0.3) is 0 Å². The number of hydrogen-bond acceptors (Lipinski definition) is 4. The fourth-order valence-corrected chi connectivity index (χ4v) is 3.67. The number of aldehydes is 1. The summed E-state index contributed by atoms with van der Waals surface area (Å²) in [5, 5.41) is 7.00. The average Bonchev–Trinajstić information content (AvgIpc) is 3.19. The maximum Gasteiger partial charge on any atom is 0.162 e. The quantitative estimate of drug-likeness (QED) is 0.350. The second-order valence-corrected chi connectivity index (χ2v) is 8.56. The van der Waals surface area contributed by atoms with Crippen LogP contribution in [-0.2, 0) is 0 Å². The normalized spacial score (nSPS) is 13.2. The molecule has 3 nitrogen and oxygen atoms in total. The number of anilines is 1. The van der Waals surface area contributed by atoms with E-state index in [1.165, 1.54) is 74.2 Å². The Hall–Kier alpha value is -2.57. The highest BCUT2D eigenvalue weighted by Gasteiger charge is 2.03. The molecule has 1 aromatic carbocycles. The number of aliphatic hydroxyl groups excluding tert-OH is 1. The van der Waals surface area contributed by atoms with E-state index in [0.717, 1.165) is 23.4 Å². The van der Waals surface area contributed by atoms with Gasteiger partial charge in [0.25, 0.3) is 0 Å². The van der Waals surface area contributed by atoms with Gasteiger partial charge in [0.2, 0.25) is 0 Å². The molecule has 1 aliphatic carbocycles. The zero-order valence-electron chi connectivity index (χ0n) is 20.2. The van der Waals surface area contributed by atoms with E-state index >= 15 is 0 Å². The van der Waals surface area contributed by atoms with Gasteiger partial charge in [-0.1, -0.05) is 69.4 Å². The van der Waals surface area contributed by atoms with Crippen LogP contribution in [0.2, 0.25) is 0 Å². The molecule has 0 unspecified atom stereocenters. The van der Waals surface area contributed by atoms with E-state index in [4.69, 9.17) is 5.11 Å². The summed E-state index contributed by atoms with van der Waals surface area (Å²) in [7, 11) is 2.91. The van der Waals surface area contributed by atoms with Crippen LogP contribution in [-0.4, -0.2) is 25.6 Å². The molecule has 0 atom stereocenters. The first-order valence-electron chi connectivity index (χ1n) is 11.0. The molecule has 0 aliphatic heterocycles. The number of thiophene rings is 1. The molecule has 33 heavy (non-hydrogen) atoms. The molecule has 2 aromatic rings. The summed E-state index contributed by atoms with van der Waals surface area (Å²) in [5.41, 5.74) is 1.87. The van der Waals surface area contributed by atoms with Crippen LogP contribution < -0.4 is 4.90 Å². The third kappa shape index (κ3) is 13.5. The van der Waals surface area contributed by atoms with Crippen molar-refractivity contribution in [3.05, 3.63) is 88.3 Å². The van der Waals surface area contributed by atoms with Crippen molar-refractivity contribution in [3.63, 3.8) is 0 Å². The van der Waals surface area contributed by atoms with E-state index in [9.17, 15) is 13.6 Å². The largest absolute Gasteiger partial charge is 0.400 e. The summed E-state index contributed by atoms with van der Waals surface area (Å²) in [6, 6.07) is 11.2. The minimum atomic E-state index is -0.410. The van der Waals surface area contributed by atoms with E-state index in [2.05, 4.69) is 6.58 Å². The summed E-state index contributed by atoms with van der Waals surface area (Å²) < 4.78 is 25.6. The molecule has 0 saturated heterocycles. The second-order valence-electron chi connectivity index (χ2n) is 7.28. The fraction of sp³-hybridized carbons (Fsp3) is 0.370. The third-order valence-corrected chi connectivity index (χ3v) is 5.69. The van der Waals surface area contributed by atoms with E-state index in [0.29, 0.717) is 6.29 Å². The summed E-state index contributed by atoms with van der Waals surface area (Å²) in [6.07, 6.45) is 13.8. The summed E-state index contributed by atoms with van der Waals surface area (Å²) in [5.74, 6) is -0.706. The Labute approximate surface area is 201 Å². The van der Waals surface area contributed by atoms with E-state index in [-0.39, 0.29) is 10.7 Å². The number of halogens is 2. The summed E-state index contributed by atoms with van der Waals surface area (Å²) in [6.45, 7) is 7.08. The fourth-order valence-electron chi connectivity index (χ4n) is 2.95. The maximum absolute atomic E-state index is 13.2. The molecule has 0 amide bonds. The molecule has 6 heteroatoms. The minimum Gasteiger partial charge on any atom is -0.400 e. The molecular weight excluding hydrogens is 440 g/mol. The highest BCUT2D eigenvalue weighted by Crippen LogP contribution is 2.18. The highest BCUT2D eigenvalue weighted by atomic mass is 32.1. The molecular formula is C27H37F2NO2S. The molecule has 1 N–H and O–H groups in total. The van der Waals surface area contributed by atoms with Crippen molar-refractivity contribution in [1.29, 1.82) is 0 Å². The Morgan fingerprint density at radius 1 is 1.09 bits per heavy atom. The number of aryl methyl sites for hydroxylation is 1. The molecule has 0 spiro atoms. The average molecular weight is 478 g/mol. The summed E-state index contributed by atoms with van der Waals surface area (Å²) in [4.78, 5) is 13.0. The topological polar surface area (TPSA) is 40.5 Å². The lowest BCUT2D eigenvalue weighted by Gasteiger charge is -2.19. The molecule has 1 aliphatic rings. The van der Waals surface area contributed by atoms with Crippen LogP contribution in [0.4, 0.5) is 14.5 Å². The van der Waals surface area contributed by atoms with Gasteiger partial charge in [-0.2, -0.15) is 0 Å². The molecule has 3 rings (SSSR count). The Balaban J connectivity index is 0.000000503. The highest BCUT2D eigenvalue weighted by molar-refractivity contribution is 7.13. The number of carbonyl (C=O) groups excluding carboxylic acids is 1. The zero-order chi connectivity index (χ0) is 25.1. The molecule has 1 aromatic heterocycles. The van der Waals surface area contributed by atoms with Gasteiger partial charge in [-0.15, -0.1) is 11.3 Å².